The highest BCUT2D eigenvalue weighted by molar-refractivity contribution is 7.09. The van der Waals surface area contributed by atoms with Crippen molar-refractivity contribution in [1.82, 2.24) is 0 Å². The summed E-state index contributed by atoms with van der Waals surface area (Å²) in [5.41, 5.74) is 7.86. The average Bonchev–Trinajstić information content (AvgIpc) is 2.87. The lowest BCUT2D eigenvalue weighted by Gasteiger charge is -2.04. The minimum atomic E-state index is 0.817. The smallest absolute Gasteiger partial charge is 0.0514 e. The molecule has 0 spiro atoms. The van der Waals surface area contributed by atoms with Crippen molar-refractivity contribution in [1.29, 1.82) is 0 Å². The summed E-state index contributed by atoms with van der Waals surface area (Å²) < 4.78 is 5.63. The van der Waals surface area contributed by atoms with Crippen LogP contribution >= 0.6 is 11.3 Å². The number of aryl methyl sites for hydroxylation is 1. The highest BCUT2D eigenvalue weighted by Gasteiger charge is 1.96. The summed E-state index contributed by atoms with van der Waals surface area (Å²) in [5.74, 6) is 0. The van der Waals surface area contributed by atoms with Crippen LogP contribution in [0.5, 0.6) is 0 Å². The molecule has 2 aromatic rings. The second kappa shape index (κ2) is 7.19. The van der Waals surface area contributed by atoms with E-state index in [2.05, 4.69) is 23.6 Å². The molecular formula is C15H19NOS. The monoisotopic (exact) mass is 261 g/mol. The maximum atomic E-state index is 5.73. The highest BCUT2D eigenvalue weighted by atomic mass is 32.1. The van der Waals surface area contributed by atoms with Gasteiger partial charge in [0, 0.05) is 23.6 Å². The number of nitrogens with two attached hydrogens (primary N) is 1. The highest BCUT2D eigenvalue weighted by Crippen LogP contribution is 2.10. The number of hydrogen-bond donors (Lipinski definition) is 1. The molecule has 0 saturated carbocycles. The molecule has 0 bridgehead atoms. The topological polar surface area (TPSA) is 35.2 Å². The van der Waals surface area contributed by atoms with Gasteiger partial charge in [0.1, 0.15) is 0 Å². The number of nitrogen functional groups attached to an aromatic ring is 1. The Bertz CT molecular complexity index is 453. The quantitative estimate of drug-likeness (QED) is 0.611. The van der Waals surface area contributed by atoms with Crippen LogP contribution < -0.4 is 5.73 Å². The summed E-state index contributed by atoms with van der Waals surface area (Å²) in [6.07, 6.45) is 3.11. The van der Waals surface area contributed by atoms with E-state index in [4.69, 9.17) is 10.5 Å². The van der Waals surface area contributed by atoms with Crippen molar-refractivity contribution in [2.75, 3.05) is 18.9 Å². The summed E-state index contributed by atoms with van der Waals surface area (Å²) in [6, 6.07) is 12.3. The first-order valence-corrected chi connectivity index (χ1v) is 7.17. The summed E-state index contributed by atoms with van der Waals surface area (Å²) in [6.45, 7) is 1.64. The van der Waals surface area contributed by atoms with Crippen LogP contribution in [0.15, 0.2) is 41.8 Å². The first kappa shape index (κ1) is 13.1. The Morgan fingerprint density at radius 2 is 2.00 bits per heavy atom. The molecule has 2 nitrogen and oxygen atoms in total. The molecule has 18 heavy (non-hydrogen) atoms. The van der Waals surface area contributed by atoms with Crippen molar-refractivity contribution in [3.8, 4) is 0 Å². The fourth-order valence-corrected chi connectivity index (χ4v) is 2.55. The molecule has 0 fully saturated rings. The molecule has 0 aliphatic rings. The Morgan fingerprint density at radius 3 is 2.78 bits per heavy atom. The molecule has 0 aliphatic carbocycles. The van der Waals surface area contributed by atoms with Gasteiger partial charge in [-0.1, -0.05) is 18.2 Å². The van der Waals surface area contributed by atoms with Gasteiger partial charge < -0.3 is 10.5 Å². The Labute approximate surface area is 112 Å². The Balaban J connectivity index is 1.56. The second-order valence-electron chi connectivity index (χ2n) is 4.29. The van der Waals surface area contributed by atoms with Gasteiger partial charge in [0.25, 0.3) is 0 Å². The Kier molecular flexibility index (Phi) is 5.24. The second-order valence-corrected chi connectivity index (χ2v) is 5.32. The predicted molar refractivity (Wildman–Crippen MR) is 78.0 cm³/mol. The lowest BCUT2D eigenvalue weighted by atomic mass is 10.1. The van der Waals surface area contributed by atoms with Crippen molar-refractivity contribution in [3.05, 3.63) is 52.2 Å². The van der Waals surface area contributed by atoms with Crippen LogP contribution in [0.2, 0.25) is 0 Å². The fraction of sp³-hybridized carbons (Fsp3) is 0.333. The summed E-state index contributed by atoms with van der Waals surface area (Å²) in [5, 5.41) is 2.11. The first-order chi connectivity index (χ1) is 8.84. The third-order valence-corrected chi connectivity index (χ3v) is 3.71. The van der Waals surface area contributed by atoms with Crippen LogP contribution in [0.1, 0.15) is 16.9 Å². The Morgan fingerprint density at radius 1 is 1.06 bits per heavy atom. The van der Waals surface area contributed by atoms with Gasteiger partial charge in [-0.3, -0.25) is 0 Å². The largest absolute Gasteiger partial charge is 0.399 e. The normalized spacial score (nSPS) is 10.7. The van der Waals surface area contributed by atoms with Crippen LogP contribution in [-0.4, -0.2) is 13.2 Å². The zero-order chi connectivity index (χ0) is 12.6. The molecule has 3 heteroatoms. The maximum Gasteiger partial charge on any atom is 0.0514 e. The number of hydrogen-bond acceptors (Lipinski definition) is 3. The van der Waals surface area contributed by atoms with Crippen LogP contribution in [0, 0.1) is 0 Å². The molecule has 0 atom stereocenters. The molecule has 1 aromatic carbocycles. The molecule has 1 heterocycles. The maximum absolute atomic E-state index is 5.73. The van der Waals surface area contributed by atoms with E-state index in [1.54, 1.807) is 11.3 Å². The molecule has 2 rings (SSSR count). The Hall–Kier alpha value is -1.32. The van der Waals surface area contributed by atoms with Gasteiger partial charge >= 0.3 is 0 Å². The summed E-state index contributed by atoms with van der Waals surface area (Å²) >= 11 is 1.79. The number of anilines is 1. The van der Waals surface area contributed by atoms with Crippen LogP contribution in [0.4, 0.5) is 5.69 Å². The average molecular weight is 261 g/mol. The SMILES string of the molecule is Nc1cccc(CCCOCCc2cccs2)c1. The lowest BCUT2D eigenvalue weighted by Crippen LogP contribution is -2.00. The molecule has 96 valence electrons. The molecule has 0 saturated heterocycles. The number of rotatable bonds is 7. The van der Waals surface area contributed by atoms with E-state index in [-0.39, 0.29) is 0 Å². The number of benzene rings is 1. The minimum Gasteiger partial charge on any atom is -0.399 e. The van der Waals surface area contributed by atoms with Crippen molar-refractivity contribution in [3.63, 3.8) is 0 Å². The summed E-state index contributed by atoms with van der Waals surface area (Å²) in [7, 11) is 0. The predicted octanol–water partition coefficient (Wildman–Crippen LogP) is 3.52. The molecule has 0 unspecified atom stereocenters. The van der Waals surface area contributed by atoms with Crippen molar-refractivity contribution < 1.29 is 4.74 Å². The third-order valence-electron chi connectivity index (χ3n) is 2.78. The van der Waals surface area contributed by atoms with Gasteiger partial charge in [-0.15, -0.1) is 11.3 Å². The first-order valence-electron chi connectivity index (χ1n) is 6.29. The van der Waals surface area contributed by atoms with Crippen LogP contribution in [-0.2, 0) is 17.6 Å². The van der Waals surface area contributed by atoms with Gasteiger partial charge in [-0.25, -0.2) is 0 Å². The van der Waals surface area contributed by atoms with Crippen LogP contribution in [0.3, 0.4) is 0 Å². The van der Waals surface area contributed by atoms with Gasteiger partial charge in [-0.2, -0.15) is 0 Å². The fourth-order valence-electron chi connectivity index (χ4n) is 1.86. The molecule has 0 radical (unpaired) electrons. The van der Waals surface area contributed by atoms with Gasteiger partial charge in [0.05, 0.1) is 6.61 Å². The van der Waals surface area contributed by atoms with E-state index in [0.29, 0.717) is 0 Å². The standard InChI is InChI=1S/C15H19NOS/c16-14-6-1-4-13(12-14)5-2-9-17-10-8-15-7-3-11-18-15/h1,3-4,6-7,11-12H,2,5,8-10,16H2. The van der Waals surface area contributed by atoms with E-state index in [0.717, 1.165) is 38.2 Å². The number of ether oxygens (including phenoxy) is 1. The van der Waals surface area contributed by atoms with E-state index in [1.807, 2.05) is 18.2 Å². The minimum absolute atomic E-state index is 0.817. The van der Waals surface area contributed by atoms with Crippen LogP contribution in [0.25, 0.3) is 0 Å². The molecule has 2 N–H and O–H groups in total. The molecule has 1 aromatic heterocycles. The van der Waals surface area contributed by atoms with E-state index >= 15 is 0 Å². The van der Waals surface area contributed by atoms with Gasteiger partial charge in [0.2, 0.25) is 0 Å². The van der Waals surface area contributed by atoms with E-state index < -0.39 is 0 Å². The molecule has 0 amide bonds. The van der Waals surface area contributed by atoms with Crippen molar-refractivity contribution in [2.45, 2.75) is 19.3 Å². The lowest BCUT2D eigenvalue weighted by molar-refractivity contribution is 0.135. The van der Waals surface area contributed by atoms with E-state index in [9.17, 15) is 0 Å². The van der Waals surface area contributed by atoms with Gasteiger partial charge in [0.15, 0.2) is 0 Å². The van der Waals surface area contributed by atoms with Crippen molar-refractivity contribution >= 4 is 17.0 Å². The third kappa shape index (κ3) is 4.51. The molecular weight excluding hydrogens is 242 g/mol. The number of thiophene rings is 1. The molecule has 0 aliphatic heterocycles. The zero-order valence-corrected chi connectivity index (χ0v) is 11.3. The van der Waals surface area contributed by atoms with Crippen molar-refractivity contribution in [2.24, 2.45) is 0 Å². The zero-order valence-electron chi connectivity index (χ0n) is 10.5. The summed E-state index contributed by atoms with van der Waals surface area (Å²) in [4.78, 5) is 1.39. The van der Waals surface area contributed by atoms with Gasteiger partial charge in [-0.05, 0) is 42.0 Å². The van der Waals surface area contributed by atoms with E-state index in [1.165, 1.54) is 10.4 Å².